The number of benzene rings is 1. The van der Waals surface area contributed by atoms with Gasteiger partial charge in [0.05, 0.1) is 0 Å². The van der Waals surface area contributed by atoms with Crippen LogP contribution in [0.5, 0.6) is 0 Å². The molecule has 15 heavy (non-hydrogen) atoms. The molecule has 1 heteroatoms. The Labute approximate surface area is 93.9 Å². The first kappa shape index (κ1) is 12.3. The molecule has 0 heterocycles. The van der Waals surface area contributed by atoms with E-state index in [9.17, 15) is 0 Å². The molecule has 1 rings (SSSR count). The van der Waals surface area contributed by atoms with Crippen LogP contribution in [0.4, 0.5) is 0 Å². The summed E-state index contributed by atoms with van der Waals surface area (Å²) in [6.45, 7) is 12.1. The van der Waals surface area contributed by atoms with Gasteiger partial charge in [-0.3, -0.25) is 0 Å². The summed E-state index contributed by atoms with van der Waals surface area (Å²) in [5, 5.41) is 3.56. The third-order valence-electron chi connectivity index (χ3n) is 2.72. The first-order valence-electron chi connectivity index (χ1n) is 5.81. The van der Waals surface area contributed by atoms with E-state index in [1.807, 2.05) is 0 Å². The van der Waals surface area contributed by atoms with E-state index in [1.165, 1.54) is 16.7 Å². The molecule has 0 bridgehead atoms. The summed E-state index contributed by atoms with van der Waals surface area (Å²) in [4.78, 5) is 0. The van der Waals surface area contributed by atoms with E-state index < -0.39 is 0 Å². The molecule has 84 valence electrons. The zero-order valence-electron chi connectivity index (χ0n) is 10.6. The number of nitrogens with one attached hydrogen (secondary N) is 1. The zero-order valence-corrected chi connectivity index (χ0v) is 10.6. The summed E-state index contributed by atoms with van der Waals surface area (Å²) in [7, 11) is 0. The number of aryl methyl sites for hydroxylation is 2. The lowest BCUT2D eigenvalue weighted by Gasteiger charge is -2.18. The first-order chi connectivity index (χ1) is 7.00. The van der Waals surface area contributed by atoms with Gasteiger partial charge in [-0.2, -0.15) is 0 Å². The lowest BCUT2D eigenvalue weighted by atomic mass is 10.00. The molecule has 1 N–H and O–H groups in total. The van der Waals surface area contributed by atoms with Gasteiger partial charge in [-0.05, 0) is 44.4 Å². The van der Waals surface area contributed by atoms with Crippen LogP contribution in [0.3, 0.4) is 0 Å². The Morgan fingerprint density at radius 3 is 2.33 bits per heavy atom. The van der Waals surface area contributed by atoms with E-state index >= 15 is 0 Å². The largest absolute Gasteiger partial charge is 0.310 e. The van der Waals surface area contributed by atoms with Crippen LogP contribution in [0.1, 0.15) is 43.5 Å². The molecule has 0 saturated carbocycles. The molecular formula is C14H23N. The van der Waals surface area contributed by atoms with Gasteiger partial charge >= 0.3 is 0 Å². The minimum absolute atomic E-state index is 0.452. The number of rotatable bonds is 4. The van der Waals surface area contributed by atoms with Crippen LogP contribution in [0.2, 0.25) is 0 Å². The van der Waals surface area contributed by atoms with Gasteiger partial charge in [0.15, 0.2) is 0 Å². The highest BCUT2D eigenvalue weighted by Crippen LogP contribution is 2.18. The SMILES string of the molecule is Cc1ccc([C@@H](C)NCC(C)C)c(C)c1. The van der Waals surface area contributed by atoms with Gasteiger partial charge in [-0.1, -0.05) is 37.6 Å². The maximum atomic E-state index is 3.56. The van der Waals surface area contributed by atoms with Crippen molar-refractivity contribution >= 4 is 0 Å². The van der Waals surface area contributed by atoms with Crippen LogP contribution >= 0.6 is 0 Å². The molecule has 1 nitrogen and oxygen atoms in total. The van der Waals surface area contributed by atoms with Crippen LogP contribution in [0.25, 0.3) is 0 Å². The summed E-state index contributed by atoms with van der Waals surface area (Å²) < 4.78 is 0. The molecular weight excluding hydrogens is 182 g/mol. The van der Waals surface area contributed by atoms with Crippen LogP contribution < -0.4 is 5.32 Å². The van der Waals surface area contributed by atoms with Crippen molar-refractivity contribution in [3.8, 4) is 0 Å². The second kappa shape index (κ2) is 5.32. The first-order valence-corrected chi connectivity index (χ1v) is 5.81. The standard InChI is InChI=1S/C14H23N/c1-10(2)9-15-13(5)14-7-6-11(3)8-12(14)4/h6-8,10,13,15H,9H2,1-5H3/t13-/m1/s1. The topological polar surface area (TPSA) is 12.0 Å². The lowest BCUT2D eigenvalue weighted by molar-refractivity contribution is 0.495. The van der Waals surface area contributed by atoms with E-state index in [1.54, 1.807) is 0 Å². The van der Waals surface area contributed by atoms with Gasteiger partial charge in [0.25, 0.3) is 0 Å². The predicted molar refractivity (Wildman–Crippen MR) is 67.2 cm³/mol. The average Bonchev–Trinajstić information content (AvgIpc) is 2.14. The van der Waals surface area contributed by atoms with Crippen molar-refractivity contribution in [3.63, 3.8) is 0 Å². The minimum Gasteiger partial charge on any atom is -0.310 e. The van der Waals surface area contributed by atoms with E-state index in [2.05, 4.69) is 58.1 Å². The minimum atomic E-state index is 0.452. The second-order valence-electron chi connectivity index (χ2n) is 4.88. The lowest BCUT2D eigenvalue weighted by Crippen LogP contribution is -2.23. The van der Waals surface area contributed by atoms with Crippen molar-refractivity contribution in [2.75, 3.05) is 6.54 Å². The number of hydrogen-bond donors (Lipinski definition) is 1. The Balaban J connectivity index is 2.69. The molecule has 1 atom stereocenters. The van der Waals surface area contributed by atoms with Gasteiger partial charge in [0.1, 0.15) is 0 Å². The van der Waals surface area contributed by atoms with Crippen LogP contribution in [0.15, 0.2) is 18.2 Å². The Hall–Kier alpha value is -0.820. The van der Waals surface area contributed by atoms with Crippen LogP contribution in [-0.4, -0.2) is 6.54 Å². The Morgan fingerprint density at radius 2 is 1.80 bits per heavy atom. The summed E-state index contributed by atoms with van der Waals surface area (Å²) in [6.07, 6.45) is 0. The Bertz CT molecular complexity index is 315. The highest BCUT2D eigenvalue weighted by molar-refractivity contribution is 5.32. The highest BCUT2D eigenvalue weighted by atomic mass is 14.9. The molecule has 0 aliphatic rings. The van der Waals surface area contributed by atoms with E-state index in [0.29, 0.717) is 12.0 Å². The summed E-state index contributed by atoms with van der Waals surface area (Å²) in [5.41, 5.74) is 4.15. The third-order valence-corrected chi connectivity index (χ3v) is 2.72. The van der Waals surface area contributed by atoms with Gasteiger partial charge in [0.2, 0.25) is 0 Å². The number of hydrogen-bond acceptors (Lipinski definition) is 1. The predicted octanol–water partition coefficient (Wildman–Crippen LogP) is 3.61. The summed E-state index contributed by atoms with van der Waals surface area (Å²) in [6, 6.07) is 7.13. The third kappa shape index (κ3) is 3.67. The van der Waals surface area contributed by atoms with Crippen molar-refractivity contribution in [1.82, 2.24) is 5.32 Å². The van der Waals surface area contributed by atoms with Gasteiger partial charge in [-0.15, -0.1) is 0 Å². The van der Waals surface area contributed by atoms with Crippen molar-refractivity contribution in [2.45, 2.75) is 40.7 Å². The zero-order chi connectivity index (χ0) is 11.4. The maximum absolute atomic E-state index is 3.56. The molecule has 0 aliphatic heterocycles. The molecule has 1 aromatic rings. The normalized spacial score (nSPS) is 13.2. The van der Waals surface area contributed by atoms with E-state index in [4.69, 9.17) is 0 Å². The molecule has 0 unspecified atom stereocenters. The fourth-order valence-electron chi connectivity index (χ4n) is 1.83. The van der Waals surface area contributed by atoms with E-state index in [0.717, 1.165) is 6.54 Å². The smallest absolute Gasteiger partial charge is 0.0294 e. The van der Waals surface area contributed by atoms with Gasteiger partial charge in [0, 0.05) is 6.04 Å². The highest BCUT2D eigenvalue weighted by Gasteiger charge is 2.07. The Kier molecular flexibility index (Phi) is 4.34. The molecule has 1 aromatic carbocycles. The fourth-order valence-corrected chi connectivity index (χ4v) is 1.83. The molecule has 0 aliphatic carbocycles. The van der Waals surface area contributed by atoms with Crippen molar-refractivity contribution in [1.29, 1.82) is 0 Å². The summed E-state index contributed by atoms with van der Waals surface area (Å²) in [5.74, 6) is 0.707. The van der Waals surface area contributed by atoms with Crippen molar-refractivity contribution in [2.24, 2.45) is 5.92 Å². The fraction of sp³-hybridized carbons (Fsp3) is 0.571. The molecule has 0 amide bonds. The quantitative estimate of drug-likeness (QED) is 0.791. The molecule has 0 fully saturated rings. The van der Waals surface area contributed by atoms with Gasteiger partial charge < -0.3 is 5.32 Å². The van der Waals surface area contributed by atoms with Crippen LogP contribution in [0, 0.1) is 19.8 Å². The monoisotopic (exact) mass is 205 g/mol. The maximum Gasteiger partial charge on any atom is 0.0294 e. The van der Waals surface area contributed by atoms with Crippen molar-refractivity contribution in [3.05, 3.63) is 34.9 Å². The molecule has 0 saturated heterocycles. The molecule has 0 aromatic heterocycles. The molecule has 0 radical (unpaired) electrons. The van der Waals surface area contributed by atoms with Crippen molar-refractivity contribution < 1.29 is 0 Å². The second-order valence-corrected chi connectivity index (χ2v) is 4.88. The van der Waals surface area contributed by atoms with Gasteiger partial charge in [-0.25, -0.2) is 0 Å². The summed E-state index contributed by atoms with van der Waals surface area (Å²) >= 11 is 0. The van der Waals surface area contributed by atoms with E-state index in [-0.39, 0.29) is 0 Å². The Morgan fingerprint density at radius 1 is 1.13 bits per heavy atom. The molecule has 0 spiro atoms. The van der Waals surface area contributed by atoms with Crippen LogP contribution in [-0.2, 0) is 0 Å². The average molecular weight is 205 g/mol.